The molecule has 154 valence electrons. The Morgan fingerprint density at radius 1 is 0.931 bits per heavy atom. The Morgan fingerprint density at radius 3 is 2.21 bits per heavy atom. The number of H-pyrrole nitrogens is 1. The van der Waals surface area contributed by atoms with E-state index in [1.54, 1.807) is 12.1 Å². The number of carbonyl (C=O) groups is 1. The molecular weight excluding hydrogens is 368 g/mol. The van der Waals surface area contributed by atoms with Gasteiger partial charge in [0.25, 0.3) is 5.91 Å². The first-order valence-corrected chi connectivity index (χ1v) is 9.98. The first-order valence-electron chi connectivity index (χ1n) is 9.98. The maximum absolute atomic E-state index is 12.8. The van der Waals surface area contributed by atoms with Crippen LogP contribution in [-0.2, 0) is 6.54 Å². The van der Waals surface area contributed by atoms with Crippen LogP contribution in [0.4, 0.5) is 0 Å². The Labute approximate surface area is 171 Å². The van der Waals surface area contributed by atoms with Crippen molar-refractivity contribution in [2.45, 2.75) is 34.2 Å². The van der Waals surface area contributed by atoms with Gasteiger partial charge < -0.3 is 24.5 Å². The molecule has 0 atom stereocenters. The van der Waals surface area contributed by atoms with Crippen molar-refractivity contribution in [3.05, 3.63) is 53.2 Å². The molecule has 0 aliphatic heterocycles. The summed E-state index contributed by atoms with van der Waals surface area (Å²) in [5.74, 6) is 1.35. The molecule has 0 aliphatic carbocycles. The second-order valence-corrected chi connectivity index (χ2v) is 6.66. The second-order valence-electron chi connectivity index (χ2n) is 6.66. The molecule has 3 rings (SSSR count). The van der Waals surface area contributed by atoms with Gasteiger partial charge in [-0.3, -0.25) is 4.79 Å². The summed E-state index contributed by atoms with van der Waals surface area (Å²) >= 11 is 0. The summed E-state index contributed by atoms with van der Waals surface area (Å²) in [4.78, 5) is 16.1. The van der Waals surface area contributed by atoms with E-state index >= 15 is 0 Å². The molecule has 0 fully saturated rings. The number of aryl methyl sites for hydroxylation is 1. The molecule has 0 radical (unpaired) electrons. The highest BCUT2D eigenvalue weighted by Gasteiger charge is 2.18. The Hall–Kier alpha value is -3.15. The maximum Gasteiger partial charge on any atom is 0.251 e. The van der Waals surface area contributed by atoms with Gasteiger partial charge in [-0.05, 0) is 69.0 Å². The minimum Gasteiger partial charge on any atom is -0.490 e. The fourth-order valence-electron chi connectivity index (χ4n) is 3.24. The highest BCUT2D eigenvalue weighted by atomic mass is 16.5. The summed E-state index contributed by atoms with van der Waals surface area (Å²) in [5, 5.41) is 4.11. The van der Waals surface area contributed by atoms with Crippen LogP contribution in [0.3, 0.4) is 0 Å². The molecule has 1 aromatic heterocycles. The fourth-order valence-corrected chi connectivity index (χ4v) is 3.24. The second kappa shape index (κ2) is 9.37. The number of hydrogen-bond acceptors (Lipinski definition) is 4. The molecule has 6 heteroatoms. The summed E-state index contributed by atoms with van der Waals surface area (Å²) in [6.07, 6.45) is 0. The zero-order valence-corrected chi connectivity index (χ0v) is 17.4. The highest BCUT2D eigenvalue weighted by molar-refractivity contribution is 5.95. The van der Waals surface area contributed by atoms with Gasteiger partial charge >= 0.3 is 0 Å². The smallest absolute Gasteiger partial charge is 0.251 e. The summed E-state index contributed by atoms with van der Waals surface area (Å²) in [6, 6.07) is 11.6. The van der Waals surface area contributed by atoms with Gasteiger partial charge in [-0.1, -0.05) is 6.07 Å². The van der Waals surface area contributed by atoms with E-state index in [1.165, 1.54) is 0 Å². The minimum atomic E-state index is -0.194. The van der Waals surface area contributed by atoms with Crippen LogP contribution < -0.4 is 19.5 Å². The number of aromatic amines is 1. The molecule has 3 aromatic rings. The van der Waals surface area contributed by atoms with Gasteiger partial charge in [0.1, 0.15) is 0 Å². The Morgan fingerprint density at radius 2 is 1.59 bits per heavy atom. The van der Waals surface area contributed by atoms with E-state index in [9.17, 15) is 4.79 Å². The number of ether oxygens (including phenoxy) is 3. The van der Waals surface area contributed by atoms with Crippen molar-refractivity contribution >= 4 is 16.8 Å². The zero-order valence-electron chi connectivity index (χ0n) is 17.4. The third-order valence-corrected chi connectivity index (χ3v) is 4.44. The van der Waals surface area contributed by atoms with Crippen molar-refractivity contribution in [1.29, 1.82) is 0 Å². The maximum atomic E-state index is 12.8. The van der Waals surface area contributed by atoms with Crippen LogP contribution >= 0.6 is 0 Å². The monoisotopic (exact) mass is 396 g/mol. The van der Waals surface area contributed by atoms with Crippen molar-refractivity contribution in [3.8, 4) is 17.2 Å². The van der Waals surface area contributed by atoms with E-state index in [2.05, 4.69) is 22.4 Å². The summed E-state index contributed by atoms with van der Waals surface area (Å²) in [7, 11) is 0. The highest BCUT2D eigenvalue weighted by Crippen LogP contribution is 2.39. The molecule has 0 aliphatic rings. The number of rotatable bonds is 9. The number of carbonyl (C=O) groups excluding carboxylic acids is 1. The lowest BCUT2D eigenvalue weighted by molar-refractivity contribution is 0.0949. The zero-order chi connectivity index (χ0) is 20.8. The summed E-state index contributed by atoms with van der Waals surface area (Å²) in [5.41, 5.74) is 3.71. The SMILES string of the molecule is CCOc1cc(C(=O)NCc2ccc3[nH]c(C)cc3c2)cc(OCC)c1OCC. The third-order valence-electron chi connectivity index (χ3n) is 4.44. The van der Waals surface area contributed by atoms with Gasteiger partial charge in [-0.15, -0.1) is 0 Å². The van der Waals surface area contributed by atoms with Crippen LogP contribution in [-0.4, -0.2) is 30.7 Å². The quantitative estimate of drug-likeness (QED) is 0.554. The molecule has 0 saturated heterocycles. The third kappa shape index (κ3) is 4.83. The Kier molecular flexibility index (Phi) is 6.65. The Bertz CT molecular complexity index is 967. The topological polar surface area (TPSA) is 72.6 Å². The fraction of sp³-hybridized carbons (Fsp3) is 0.348. The summed E-state index contributed by atoms with van der Waals surface area (Å²) < 4.78 is 17.1. The molecule has 2 N–H and O–H groups in total. The number of benzene rings is 2. The molecule has 1 heterocycles. The van der Waals surface area contributed by atoms with E-state index in [4.69, 9.17) is 14.2 Å². The van der Waals surface area contributed by atoms with Crippen molar-refractivity contribution in [2.24, 2.45) is 0 Å². The predicted octanol–water partition coefficient (Wildman–Crippen LogP) is 4.60. The van der Waals surface area contributed by atoms with Gasteiger partial charge in [0, 0.05) is 23.3 Å². The number of aromatic nitrogens is 1. The minimum absolute atomic E-state index is 0.194. The van der Waals surface area contributed by atoms with Crippen LogP contribution in [0, 0.1) is 6.92 Å². The molecule has 0 spiro atoms. The lowest BCUT2D eigenvalue weighted by atomic mass is 10.1. The summed E-state index contributed by atoms with van der Waals surface area (Å²) in [6.45, 7) is 9.55. The Balaban J connectivity index is 1.80. The molecule has 0 bridgehead atoms. The van der Waals surface area contributed by atoms with E-state index in [0.29, 0.717) is 49.2 Å². The predicted molar refractivity (Wildman–Crippen MR) is 114 cm³/mol. The van der Waals surface area contributed by atoms with Crippen LogP contribution in [0.15, 0.2) is 36.4 Å². The van der Waals surface area contributed by atoms with Crippen LogP contribution in [0.2, 0.25) is 0 Å². The first-order chi connectivity index (χ1) is 14.0. The van der Waals surface area contributed by atoms with Gasteiger partial charge in [0.15, 0.2) is 11.5 Å². The number of amides is 1. The van der Waals surface area contributed by atoms with E-state index in [1.807, 2.05) is 39.8 Å². The van der Waals surface area contributed by atoms with Crippen LogP contribution in [0.5, 0.6) is 17.2 Å². The lowest BCUT2D eigenvalue weighted by Crippen LogP contribution is -2.23. The van der Waals surface area contributed by atoms with Crippen molar-refractivity contribution in [1.82, 2.24) is 10.3 Å². The molecule has 2 aromatic carbocycles. The standard InChI is InChI=1S/C23H28N2O4/c1-5-27-20-12-18(13-21(28-6-2)22(20)29-7-3)23(26)24-14-16-8-9-19-17(11-16)10-15(4)25-19/h8-13,25H,5-7,14H2,1-4H3,(H,24,26). The molecular formula is C23H28N2O4. The molecule has 0 saturated carbocycles. The van der Waals surface area contributed by atoms with Gasteiger partial charge in [-0.2, -0.15) is 0 Å². The van der Waals surface area contributed by atoms with Crippen molar-refractivity contribution in [3.63, 3.8) is 0 Å². The number of hydrogen-bond donors (Lipinski definition) is 2. The largest absolute Gasteiger partial charge is 0.490 e. The first kappa shape index (κ1) is 20.6. The van der Waals surface area contributed by atoms with Crippen LogP contribution in [0.25, 0.3) is 10.9 Å². The van der Waals surface area contributed by atoms with E-state index < -0.39 is 0 Å². The molecule has 29 heavy (non-hydrogen) atoms. The normalized spacial score (nSPS) is 10.8. The average Bonchev–Trinajstić information content (AvgIpc) is 3.08. The van der Waals surface area contributed by atoms with Crippen LogP contribution in [0.1, 0.15) is 42.4 Å². The van der Waals surface area contributed by atoms with Gasteiger partial charge in [0.05, 0.1) is 19.8 Å². The van der Waals surface area contributed by atoms with Crippen molar-refractivity contribution < 1.29 is 19.0 Å². The molecule has 6 nitrogen and oxygen atoms in total. The van der Waals surface area contributed by atoms with Gasteiger partial charge in [0.2, 0.25) is 5.75 Å². The number of nitrogens with one attached hydrogen (secondary N) is 2. The lowest BCUT2D eigenvalue weighted by Gasteiger charge is -2.17. The van der Waals surface area contributed by atoms with Crippen molar-refractivity contribution in [2.75, 3.05) is 19.8 Å². The molecule has 1 amide bonds. The molecule has 0 unspecified atom stereocenters. The van der Waals surface area contributed by atoms with E-state index in [0.717, 1.165) is 22.2 Å². The number of fused-ring (bicyclic) bond motifs is 1. The van der Waals surface area contributed by atoms with Gasteiger partial charge in [-0.25, -0.2) is 0 Å². The average molecular weight is 396 g/mol. The van der Waals surface area contributed by atoms with E-state index in [-0.39, 0.29) is 5.91 Å².